The van der Waals surface area contributed by atoms with Gasteiger partial charge in [-0.05, 0) is 50.0 Å². The zero-order chi connectivity index (χ0) is 20.1. The van der Waals surface area contributed by atoms with Crippen molar-refractivity contribution in [3.63, 3.8) is 0 Å². The van der Waals surface area contributed by atoms with E-state index in [1.165, 1.54) is 24.1 Å². The number of nitrogens with zero attached hydrogens (tertiary/aromatic N) is 4. The lowest BCUT2D eigenvalue weighted by atomic mass is 9.95. The van der Waals surface area contributed by atoms with Gasteiger partial charge in [0.25, 0.3) is 0 Å². The van der Waals surface area contributed by atoms with Crippen LogP contribution in [0.2, 0.25) is 0 Å². The Kier molecular flexibility index (Phi) is 6.64. The highest BCUT2D eigenvalue weighted by atomic mass is 32.1. The molecule has 0 aliphatic carbocycles. The summed E-state index contributed by atoms with van der Waals surface area (Å²) in [4.78, 5) is 27.8. The van der Waals surface area contributed by atoms with E-state index in [1.807, 2.05) is 6.20 Å². The highest BCUT2D eigenvalue weighted by Crippen LogP contribution is 2.32. The lowest BCUT2D eigenvalue weighted by Gasteiger charge is -2.36. The van der Waals surface area contributed by atoms with Gasteiger partial charge in [0.1, 0.15) is 6.33 Å². The molecule has 2 fully saturated rings. The minimum Gasteiger partial charge on any atom is -0.367 e. The van der Waals surface area contributed by atoms with Crippen LogP contribution >= 0.6 is 11.3 Å². The van der Waals surface area contributed by atoms with E-state index in [-0.39, 0.29) is 17.9 Å². The molecule has 2 aliphatic heterocycles. The van der Waals surface area contributed by atoms with Gasteiger partial charge in [0, 0.05) is 37.0 Å². The second-order valence-electron chi connectivity index (χ2n) is 8.03. The second-order valence-corrected chi connectivity index (χ2v) is 9.00. The average molecular weight is 414 g/mol. The molecule has 2 saturated heterocycles. The maximum absolute atomic E-state index is 12.9. The second kappa shape index (κ2) is 9.57. The first-order valence-corrected chi connectivity index (χ1v) is 11.8. The highest BCUT2D eigenvalue weighted by molar-refractivity contribution is 7.10. The molecule has 1 atom stereocenters. The van der Waals surface area contributed by atoms with Crippen LogP contribution in [0.25, 0.3) is 0 Å². The largest absolute Gasteiger partial charge is 0.367 e. The third-order valence-corrected chi connectivity index (χ3v) is 7.13. The quantitative estimate of drug-likeness (QED) is 0.775. The fourth-order valence-corrected chi connectivity index (χ4v) is 5.29. The van der Waals surface area contributed by atoms with Crippen molar-refractivity contribution in [2.45, 2.75) is 51.5 Å². The fourth-order valence-electron chi connectivity index (χ4n) is 4.42. The number of hydrogen-bond acceptors (Lipinski definition) is 6. The monoisotopic (exact) mass is 413 g/mol. The van der Waals surface area contributed by atoms with E-state index in [2.05, 4.69) is 49.5 Å². The predicted molar refractivity (Wildman–Crippen MR) is 119 cm³/mol. The summed E-state index contributed by atoms with van der Waals surface area (Å²) in [5.41, 5.74) is 1.12. The molecule has 156 valence electrons. The molecule has 1 amide bonds. The smallest absolute Gasteiger partial charge is 0.223 e. The summed E-state index contributed by atoms with van der Waals surface area (Å²) in [6.45, 7) is 6.03. The SMILES string of the molecule is CCC(NC(=O)C1CCN(c2cncnc2N2CCCCC2)CC1)c1cccs1. The third kappa shape index (κ3) is 4.71. The average Bonchev–Trinajstić information content (AvgIpc) is 3.33. The van der Waals surface area contributed by atoms with Gasteiger partial charge in [-0.15, -0.1) is 11.3 Å². The molecule has 2 aromatic heterocycles. The summed E-state index contributed by atoms with van der Waals surface area (Å²) in [5, 5.41) is 5.35. The molecule has 7 heteroatoms. The van der Waals surface area contributed by atoms with E-state index >= 15 is 0 Å². The van der Waals surface area contributed by atoms with E-state index < -0.39 is 0 Å². The van der Waals surface area contributed by atoms with Crippen LogP contribution in [0, 0.1) is 5.92 Å². The molecular formula is C22H31N5OS. The van der Waals surface area contributed by atoms with Gasteiger partial charge in [-0.1, -0.05) is 13.0 Å². The number of hydrogen-bond donors (Lipinski definition) is 1. The molecule has 0 bridgehead atoms. The molecule has 29 heavy (non-hydrogen) atoms. The van der Waals surface area contributed by atoms with E-state index in [0.717, 1.165) is 56.9 Å². The van der Waals surface area contributed by atoms with Gasteiger partial charge in [0.15, 0.2) is 5.82 Å². The summed E-state index contributed by atoms with van der Waals surface area (Å²) in [7, 11) is 0. The summed E-state index contributed by atoms with van der Waals surface area (Å²) in [6.07, 6.45) is 10.0. The summed E-state index contributed by atoms with van der Waals surface area (Å²) in [6, 6.07) is 4.29. The molecule has 2 aliphatic rings. The van der Waals surface area contributed by atoms with Crippen LogP contribution in [0.1, 0.15) is 56.4 Å². The molecule has 0 spiro atoms. The Labute approximate surface area is 177 Å². The minimum absolute atomic E-state index is 0.0864. The van der Waals surface area contributed by atoms with Crippen LogP contribution in [0.15, 0.2) is 30.0 Å². The highest BCUT2D eigenvalue weighted by Gasteiger charge is 2.29. The van der Waals surface area contributed by atoms with Crippen molar-refractivity contribution in [2.24, 2.45) is 5.92 Å². The summed E-state index contributed by atoms with van der Waals surface area (Å²) < 4.78 is 0. The van der Waals surface area contributed by atoms with Gasteiger partial charge in [0.05, 0.1) is 17.9 Å². The maximum Gasteiger partial charge on any atom is 0.223 e. The topological polar surface area (TPSA) is 61.4 Å². The van der Waals surface area contributed by atoms with Crippen LogP contribution in [0.4, 0.5) is 11.5 Å². The Balaban J connectivity index is 1.36. The van der Waals surface area contributed by atoms with E-state index in [9.17, 15) is 4.79 Å². The van der Waals surface area contributed by atoms with Crippen LogP contribution in [-0.4, -0.2) is 42.1 Å². The third-order valence-electron chi connectivity index (χ3n) is 6.15. The Morgan fingerprint density at radius 3 is 2.69 bits per heavy atom. The van der Waals surface area contributed by atoms with E-state index in [1.54, 1.807) is 17.7 Å². The Morgan fingerprint density at radius 1 is 1.21 bits per heavy atom. The molecule has 4 rings (SSSR count). The molecule has 0 saturated carbocycles. The summed E-state index contributed by atoms with van der Waals surface area (Å²) in [5.74, 6) is 1.35. The van der Waals surface area contributed by atoms with Crippen LogP contribution in [0.3, 0.4) is 0 Å². The van der Waals surface area contributed by atoms with Crippen molar-refractivity contribution in [1.29, 1.82) is 0 Å². The van der Waals surface area contributed by atoms with Crippen molar-refractivity contribution >= 4 is 28.7 Å². The number of aromatic nitrogens is 2. The zero-order valence-corrected chi connectivity index (χ0v) is 18.0. The standard InChI is InChI=1S/C22H31N5OS/c1-2-18(20-7-6-14-29-20)25-22(28)17-8-12-26(13-9-17)19-15-23-16-24-21(19)27-10-4-3-5-11-27/h6-7,14-18H,2-5,8-13H2,1H3,(H,25,28). The first kappa shape index (κ1) is 20.1. The fraction of sp³-hybridized carbons (Fsp3) is 0.591. The van der Waals surface area contributed by atoms with Crippen molar-refractivity contribution in [2.75, 3.05) is 36.0 Å². The van der Waals surface area contributed by atoms with Crippen molar-refractivity contribution in [1.82, 2.24) is 15.3 Å². The molecule has 4 heterocycles. The number of carbonyl (C=O) groups excluding carboxylic acids is 1. The number of rotatable bonds is 6. The molecule has 2 aromatic rings. The first-order valence-electron chi connectivity index (χ1n) is 10.9. The van der Waals surface area contributed by atoms with Gasteiger partial charge >= 0.3 is 0 Å². The van der Waals surface area contributed by atoms with Gasteiger partial charge in [0.2, 0.25) is 5.91 Å². The van der Waals surface area contributed by atoms with Crippen LogP contribution < -0.4 is 15.1 Å². The number of thiophene rings is 1. The maximum atomic E-state index is 12.9. The lowest BCUT2D eigenvalue weighted by Crippen LogP contribution is -2.42. The molecule has 1 unspecified atom stereocenters. The Bertz CT molecular complexity index is 782. The van der Waals surface area contributed by atoms with Gasteiger partial charge in [-0.2, -0.15) is 0 Å². The number of anilines is 2. The number of nitrogens with one attached hydrogen (secondary N) is 1. The van der Waals surface area contributed by atoms with Gasteiger partial charge in [-0.3, -0.25) is 4.79 Å². The molecule has 0 radical (unpaired) electrons. The normalized spacial score (nSPS) is 19.2. The van der Waals surface area contributed by atoms with Crippen LogP contribution in [-0.2, 0) is 4.79 Å². The molecule has 1 N–H and O–H groups in total. The summed E-state index contributed by atoms with van der Waals surface area (Å²) >= 11 is 1.72. The number of amides is 1. The van der Waals surface area contributed by atoms with E-state index in [4.69, 9.17) is 0 Å². The first-order chi connectivity index (χ1) is 14.3. The minimum atomic E-state index is 0.0864. The predicted octanol–water partition coefficient (Wildman–Crippen LogP) is 4.01. The lowest BCUT2D eigenvalue weighted by molar-refractivity contribution is -0.126. The van der Waals surface area contributed by atoms with E-state index in [0.29, 0.717) is 0 Å². The molecular weight excluding hydrogens is 382 g/mol. The number of carbonyl (C=O) groups is 1. The van der Waals surface area contributed by atoms with Gasteiger partial charge < -0.3 is 15.1 Å². The van der Waals surface area contributed by atoms with Gasteiger partial charge in [-0.25, -0.2) is 9.97 Å². The Morgan fingerprint density at radius 2 is 2.00 bits per heavy atom. The van der Waals surface area contributed by atoms with Crippen molar-refractivity contribution in [3.8, 4) is 0 Å². The zero-order valence-electron chi connectivity index (χ0n) is 17.2. The van der Waals surface area contributed by atoms with Crippen molar-refractivity contribution in [3.05, 3.63) is 34.9 Å². The Hall–Kier alpha value is -2.15. The molecule has 0 aromatic carbocycles. The van der Waals surface area contributed by atoms with Crippen molar-refractivity contribution < 1.29 is 4.79 Å². The molecule has 6 nitrogen and oxygen atoms in total. The van der Waals surface area contributed by atoms with Crippen LogP contribution in [0.5, 0.6) is 0 Å². The number of piperidine rings is 2.